The number of benzene rings is 1. The van der Waals surface area contributed by atoms with Crippen LogP contribution in [0.5, 0.6) is 0 Å². The maximum absolute atomic E-state index is 12.0. The number of hydrogen-bond donors (Lipinski definition) is 2. The third-order valence-corrected chi connectivity index (χ3v) is 3.89. The first-order valence-electron chi connectivity index (χ1n) is 6.81. The quantitative estimate of drug-likeness (QED) is 0.798. The molecule has 0 heterocycles. The van der Waals surface area contributed by atoms with Gasteiger partial charge in [0.05, 0.1) is 6.54 Å². The molecule has 2 atom stereocenters. The molecule has 1 aromatic rings. The first kappa shape index (κ1) is 13.9. The Balaban J connectivity index is 1.85. The van der Waals surface area contributed by atoms with Gasteiger partial charge in [0.25, 0.3) is 0 Å². The number of nitrogens with zero attached hydrogens (tertiary/aromatic N) is 1. The van der Waals surface area contributed by atoms with Crippen molar-refractivity contribution in [1.29, 1.82) is 0 Å². The van der Waals surface area contributed by atoms with Crippen LogP contribution in [0.1, 0.15) is 18.9 Å². The molecule has 2 unspecified atom stereocenters. The van der Waals surface area contributed by atoms with E-state index >= 15 is 0 Å². The van der Waals surface area contributed by atoms with Gasteiger partial charge in [0.1, 0.15) is 0 Å². The number of anilines is 2. The molecule has 3 N–H and O–H groups in total. The van der Waals surface area contributed by atoms with Gasteiger partial charge in [0.2, 0.25) is 5.91 Å². The lowest BCUT2D eigenvalue weighted by Gasteiger charge is -2.17. The molecular formula is C15H23N3O. The summed E-state index contributed by atoms with van der Waals surface area (Å²) in [7, 11) is 2.00. The molecule has 1 aliphatic rings. The fraction of sp³-hybridized carbons (Fsp3) is 0.533. The van der Waals surface area contributed by atoms with Crippen molar-refractivity contribution in [2.24, 2.45) is 11.8 Å². The molecule has 0 bridgehead atoms. The summed E-state index contributed by atoms with van der Waals surface area (Å²) in [5.74, 6) is 1.61. The van der Waals surface area contributed by atoms with Crippen molar-refractivity contribution in [3.63, 3.8) is 0 Å². The first-order chi connectivity index (χ1) is 8.97. The highest BCUT2D eigenvalue weighted by Crippen LogP contribution is 2.37. The SMILES string of the molecule is Cc1c(N)cccc1NC(=O)CN(C)CC1CC1C. The van der Waals surface area contributed by atoms with Gasteiger partial charge in [-0.2, -0.15) is 0 Å². The average Bonchev–Trinajstić information content (AvgIpc) is 3.00. The van der Waals surface area contributed by atoms with Gasteiger partial charge >= 0.3 is 0 Å². The van der Waals surface area contributed by atoms with Crippen LogP contribution in [0.25, 0.3) is 0 Å². The summed E-state index contributed by atoms with van der Waals surface area (Å²) in [6.45, 7) is 5.61. The van der Waals surface area contributed by atoms with E-state index < -0.39 is 0 Å². The number of amides is 1. The first-order valence-corrected chi connectivity index (χ1v) is 6.81. The minimum absolute atomic E-state index is 0.0181. The van der Waals surface area contributed by atoms with Crippen molar-refractivity contribution in [2.45, 2.75) is 20.3 Å². The predicted octanol–water partition coefficient (Wildman–Crippen LogP) is 2.10. The summed E-state index contributed by atoms with van der Waals surface area (Å²) in [5, 5.41) is 2.93. The van der Waals surface area contributed by atoms with Crippen molar-refractivity contribution in [1.82, 2.24) is 4.90 Å². The van der Waals surface area contributed by atoms with Crippen molar-refractivity contribution < 1.29 is 4.79 Å². The Labute approximate surface area is 115 Å². The van der Waals surface area contributed by atoms with Crippen molar-refractivity contribution in [2.75, 3.05) is 31.2 Å². The second-order valence-corrected chi connectivity index (χ2v) is 5.74. The summed E-state index contributed by atoms with van der Waals surface area (Å²) in [6, 6.07) is 5.58. The van der Waals surface area contributed by atoms with Gasteiger partial charge in [-0.25, -0.2) is 0 Å². The highest BCUT2D eigenvalue weighted by molar-refractivity contribution is 5.93. The zero-order valence-electron chi connectivity index (χ0n) is 11.9. The largest absolute Gasteiger partial charge is 0.398 e. The van der Waals surface area contributed by atoms with Gasteiger partial charge in [-0.05, 0) is 49.9 Å². The topological polar surface area (TPSA) is 58.4 Å². The lowest BCUT2D eigenvalue weighted by atomic mass is 10.1. The monoisotopic (exact) mass is 261 g/mol. The molecular weight excluding hydrogens is 238 g/mol. The van der Waals surface area contributed by atoms with Crippen LogP contribution in [0.4, 0.5) is 11.4 Å². The molecule has 2 rings (SSSR count). The van der Waals surface area contributed by atoms with Gasteiger partial charge in [-0.15, -0.1) is 0 Å². The number of nitrogens with one attached hydrogen (secondary N) is 1. The molecule has 0 spiro atoms. The number of hydrogen-bond acceptors (Lipinski definition) is 3. The second kappa shape index (κ2) is 5.61. The Morgan fingerprint density at radius 2 is 2.21 bits per heavy atom. The maximum atomic E-state index is 12.0. The number of nitrogen functional groups attached to an aromatic ring is 1. The van der Waals surface area contributed by atoms with E-state index in [0.717, 1.165) is 29.6 Å². The van der Waals surface area contributed by atoms with E-state index in [4.69, 9.17) is 5.73 Å². The average molecular weight is 261 g/mol. The molecule has 0 aliphatic heterocycles. The third kappa shape index (κ3) is 3.70. The highest BCUT2D eigenvalue weighted by atomic mass is 16.2. The third-order valence-electron chi connectivity index (χ3n) is 3.89. The number of nitrogens with two attached hydrogens (primary N) is 1. The van der Waals surface area contributed by atoms with Gasteiger partial charge in [0, 0.05) is 17.9 Å². The molecule has 0 saturated heterocycles. The van der Waals surface area contributed by atoms with Gasteiger partial charge < -0.3 is 11.1 Å². The minimum atomic E-state index is 0.0181. The van der Waals surface area contributed by atoms with Gasteiger partial charge in [-0.3, -0.25) is 9.69 Å². The maximum Gasteiger partial charge on any atom is 0.238 e. The molecule has 1 saturated carbocycles. The summed E-state index contributed by atoms with van der Waals surface area (Å²) in [4.78, 5) is 14.1. The summed E-state index contributed by atoms with van der Waals surface area (Å²) in [6.07, 6.45) is 1.29. The molecule has 1 amide bonds. The Morgan fingerprint density at radius 1 is 1.53 bits per heavy atom. The van der Waals surface area contributed by atoms with E-state index in [-0.39, 0.29) is 5.91 Å². The van der Waals surface area contributed by atoms with Crippen LogP contribution in [0.15, 0.2) is 18.2 Å². The van der Waals surface area contributed by atoms with E-state index in [1.165, 1.54) is 6.42 Å². The molecule has 1 aliphatic carbocycles. The lowest BCUT2D eigenvalue weighted by Crippen LogP contribution is -2.32. The standard InChI is InChI=1S/C15H23N3O/c1-10-7-12(10)8-18(3)9-15(19)17-14-6-4-5-13(16)11(14)2/h4-6,10,12H,7-9,16H2,1-3H3,(H,17,19). The number of likely N-dealkylation sites (N-methyl/N-ethyl adjacent to an activating group) is 1. The summed E-state index contributed by atoms with van der Waals surface area (Å²) < 4.78 is 0. The van der Waals surface area contributed by atoms with E-state index in [1.54, 1.807) is 0 Å². The van der Waals surface area contributed by atoms with E-state index in [9.17, 15) is 4.79 Å². The normalized spacial score (nSPS) is 21.5. The number of carbonyl (C=O) groups excluding carboxylic acids is 1. The highest BCUT2D eigenvalue weighted by Gasteiger charge is 2.33. The molecule has 19 heavy (non-hydrogen) atoms. The number of rotatable bonds is 5. The Kier molecular flexibility index (Phi) is 4.10. The number of carbonyl (C=O) groups is 1. The molecule has 1 fully saturated rings. The Hall–Kier alpha value is -1.55. The van der Waals surface area contributed by atoms with E-state index in [1.807, 2.05) is 32.2 Å². The fourth-order valence-electron chi connectivity index (χ4n) is 2.34. The molecule has 1 aromatic carbocycles. The summed E-state index contributed by atoms with van der Waals surface area (Å²) >= 11 is 0. The van der Waals surface area contributed by atoms with Crippen LogP contribution in [0.2, 0.25) is 0 Å². The second-order valence-electron chi connectivity index (χ2n) is 5.74. The van der Waals surface area contributed by atoms with Crippen molar-refractivity contribution in [3.05, 3.63) is 23.8 Å². The molecule has 0 aromatic heterocycles. The van der Waals surface area contributed by atoms with Crippen molar-refractivity contribution >= 4 is 17.3 Å². The van der Waals surface area contributed by atoms with Crippen LogP contribution in [-0.4, -0.2) is 30.9 Å². The smallest absolute Gasteiger partial charge is 0.238 e. The van der Waals surface area contributed by atoms with E-state index in [0.29, 0.717) is 12.2 Å². The lowest BCUT2D eigenvalue weighted by molar-refractivity contribution is -0.117. The van der Waals surface area contributed by atoms with Crippen LogP contribution >= 0.6 is 0 Å². The van der Waals surface area contributed by atoms with E-state index in [2.05, 4.69) is 17.1 Å². The Morgan fingerprint density at radius 3 is 2.84 bits per heavy atom. The molecule has 104 valence electrons. The molecule has 0 radical (unpaired) electrons. The fourth-order valence-corrected chi connectivity index (χ4v) is 2.34. The minimum Gasteiger partial charge on any atom is -0.398 e. The van der Waals surface area contributed by atoms with Crippen LogP contribution < -0.4 is 11.1 Å². The summed E-state index contributed by atoms with van der Waals surface area (Å²) in [5.41, 5.74) is 8.26. The predicted molar refractivity (Wildman–Crippen MR) is 79.0 cm³/mol. The molecule has 4 heteroatoms. The van der Waals surface area contributed by atoms with Crippen LogP contribution in [0.3, 0.4) is 0 Å². The Bertz CT molecular complexity index is 472. The van der Waals surface area contributed by atoms with Gasteiger partial charge in [0.15, 0.2) is 0 Å². The van der Waals surface area contributed by atoms with Gasteiger partial charge in [-0.1, -0.05) is 13.0 Å². The zero-order valence-corrected chi connectivity index (χ0v) is 11.9. The van der Waals surface area contributed by atoms with Crippen LogP contribution in [-0.2, 0) is 4.79 Å². The van der Waals surface area contributed by atoms with Crippen molar-refractivity contribution in [3.8, 4) is 0 Å². The zero-order chi connectivity index (χ0) is 14.0. The van der Waals surface area contributed by atoms with Crippen LogP contribution in [0, 0.1) is 18.8 Å². The molecule has 4 nitrogen and oxygen atoms in total.